The number of ether oxygens (including phenoxy) is 2. The first-order valence-corrected chi connectivity index (χ1v) is 10.3. The number of aromatic hydroxyl groups is 1. The number of aromatic nitrogens is 3. The Hall–Kier alpha value is -3.78. The summed E-state index contributed by atoms with van der Waals surface area (Å²) < 4.78 is 16.2. The van der Waals surface area contributed by atoms with Crippen molar-refractivity contribution in [3.05, 3.63) is 80.6 Å². The van der Waals surface area contributed by atoms with E-state index < -0.39 is 11.8 Å². The Bertz CT molecular complexity index is 1440. The second-order valence-electron chi connectivity index (χ2n) is 7.89. The molecule has 0 spiro atoms. The van der Waals surface area contributed by atoms with Gasteiger partial charge >= 0.3 is 5.69 Å². The maximum atomic E-state index is 13.4. The van der Waals surface area contributed by atoms with Gasteiger partial charge in [-0.1, -0.05) is 12.1 Å². The molecule has 0 saturated heterocycles. The first-order valence-electron chi connectivity index (χ1n) is 10.3. The molecule has 32 heavy (non-hydrogen) atoms. The van der Waals surface area contributed by atoms with E-state index in [1.807, 2.05) is 24.3 Å². The van der Waals surface area contributed by atoms with E-state index in [2.05, 4.69) is 4.57 Å². The highest BCUT2D eigenvalue weighted by Crippen LogP contribution is 2.41. The number of hydrogen-bond acceptors (Lipinski definition) is 5. The van der Waals surface area contributed by atoms with Crippen LogP contribution in [0.25, 0.3) is 22.2 Å². The van der Waals surface area contributed by atoms with Crippen molar-refractivity contribution in [2.24, 2.45) is 14.1 Å². The molecule has 0 amide bonds. The Morgan fingerprint density at radius 3 is 2.34 bits per heavy atom. The standard InChI is InChI=1S/C24H23N3O5/c1-25-20-18(23(29)26(2)24(25)30)19(14-6-10-17(31-3)11-7-14)27-12-13-32-22(21(20)27)15-4-8-16(28)9-5-15/h4-11,22,28H,12-13H2,1-3H3/t22-/m0/s1. The lowest BCUT2D eigenvalue weighted by Gasteiger charge is -2.27. The van der Waals surface area contributed by atoms with E-state index >= 15 is 0 Å². The third-order valence-electron chi connectivity index (χ3n) is 6.11. The highest BCUT2D eigenvalue weighted by molar-refractivity contribution is 5.96. The number of phenolic OH excluding ortho intramolecular Hbond substituents is 1. The summed E-state index contributed by atoms with van der Waals surface area (Å²) in [6.07, 6.45) is -0.489. The van der Waals surface area contributed by atoms with Gasteiger partial charge in [-0.25, -0.2) is 4.79 Å². The van der Waals surface area contributed by atoms with Gasteiger partial charge in [-0.05, 0) is 47.5 Å². The van der Waals surface area contributed by atoms with Crippen LogP contribution in [0.3, 0.4) is 0 Å². The van der Waals surface area contributed by atoms with Crippen LogP contribution in [-0.2, 0) is 25.4 Å². The molecule has 1 N–H and O–H groups in total. The molecule has 4 aromatic rings. The quantitative estimate of drug-likeness (QED) is 0.537. The van der Waals surface area contributed by atoms with Crippen LogP contribution in [-0.4, -0.2) is 32.5 Å². The van der Waals surface area contributed by atoms with Crippen molar-refractivity contribution in [3.8, 4) is 22.8 Å². The first-order chi connectivity index (χ1) is 15.4. The van der Waals surface area contributed by atoms with Crippen molar-refractivity contribution in [1.82, 2.24) is 13.7 Å². The highest BCUT2D eigenvalue weighted by Gasteiger charge is 2.33. The maximum Gasteiger partial charge on any atom is 0.331 e. The second-order valence-corrected chi connectivity index (χ2v) is 7.89. The summed E-state index contributed by atoms with van der Waals surface area (Å²) in [4.78, 5) is 26.2. The Morgan fingerprint density at radius 1 is 1.00 bits per heavy atom. The zero-order valence-electron chi connectivity index (χ0n) is 18.0. The number of rotatable bonds is 3. The topological polar surface area (TPSA) is 87.6 Å². The average molecular weight is 433 g/mol. The summed E-state index contributed by atoms with van der Waals surface area (Å²) in [5.41, 5.74) is 3.00. The SMILES string of the molecule is COc1ccc(-c2c3c(=O)n(C)c(=O)n(C)c3c3n2CCO[C@H]3c2ccc(O)cc2)cc1. The molecule has 0 unspecified atom stereocenters. The molecule has 0 fully saturated rings. The third-order valence-corrected chi connectivity index (χ3v) is 6.11. The van der Waals surface area contributed by atoms with Gasteiger partial charge in [0.2, 0.25) is 0 Å². The van der Waals surface area contributed by atoms with Crippen molar-refractivity contribution in [2.45, 2.75) is 12.6 Å². The van der Waals surface area contributed by atoms with E-state index in [4.69, 9.17) is 9.47 Å². The maximum absolute atomic E-state index is 13.4. The lowest BCUT2D eigenvalue weighted by atomic mass is 10.0. The molecule has 0 aliphatic carbocycles. The van der Waals surface area contributed by atoms with Crippen LogP contribution < -0.4 is 16.0 Å². The molecule has 1 aliphatic heterocycles. The molecule has 0 saturated carbocycles. The average Bonchev–Trinajstić information content (AvgIpc) is 3.17. The lowest BCUT2D eigenvalue weighted by Crippen LogP contribution is -2.37. The minimum atomic E-state index is -0.489. The zero-order valence-corrected chi connectivity index (χ0v) is 18.0. The van der Waals surface area contributed by atoms with E-state index in [0.717, 1.165) is 27.1 Å². The molecule has 0 bridgehead atoms. The third kappa shape index (κ3) is 2.87. The highest BCUT2D eigenvalue weighted by atomic mass is 16.5. The molecular weight excluding hydrogens is 410 g/mol. The molecule has 164 valence electrons. The Morgan fingerprint density at radius 2 is 1.69 bits per heavy atom. The van der Waals surface area contributed by atoms with E-state index in [1.165, 1.54) is 11.6 Å². The lowest BCUT2D eigenvalue weighted by molar-refractivity contribution is 0.0478. The first kappa shape index (κ1) is 20.1. The number of nitrogens with zero attached hydrogens (tertiary/aromatic N) is 3. The molecule has 1 aliphatic rings. The van der Waals surface area contributed by atoms with E-state index in [1.54, 1.807) is 38.4 Å². The van der Waals surface area contributed by atoms with E-state index in [9.17, 15) is 14.7 Å². The van der Waals surface area contributed by atoms with Crippen LogP contribution in [0.1, 0.15) is 17.4 Å². The largest absolute Gasteiger partial charge is 0.508 e. The summed E-state index contributed by atoms with van der Waals surface area (Å²) >= 11 is 0. The van der Waals surface area contributed by atoms with Gasteiger partial charge in [-0.15, -0.1) is 0 Å². The van der Waals surface area contributed by atoms with Gasteiger partial charge in [-0.3, -0.25) is 13.9 Å². The molecule has 1 atom stereocenters. The Labute approximate surface area is 183 Å². The summed E-state index contributed by atoms with van der Waals surface area (Å²) in [6, 6.07) is 14.3. The van der Waals surface area contributed by atoms with Crippen molar-refractivity contribution >= 4 is 10.9 Å². The van der Waals surface area contributed by atoms with Crippen molar-refractivity contribution < 1.29 is 14.6 Å². The van der Waals surface area contributed by atoms with Crippen LogP contribution in [0, 0.1) is 0 Å². The summed E-state index contributed by atoms with van der Waals surface area (Å²) in [5, 5.41) is 10.2. The molecule has 0 radical (unpaired) electrons. The normalized spacial score (nSPS) is 15.7. The number of aryl methyl sites for hydroxylation is 1. The number of benzene rings is 2. The fourth-order valence-electron chi connectivity index (χ4n) is 4.53. The Kier molecular flexibility index (Phi) is 4.67. The van der Waals surface area contributed by atoms with Gasteiger partial charge in [-0.2, -0.15) is 0 Å². The molecule has 8 nitrogen and oxygen atoms in total. The van der Waals surface area contributed by atoms with Gasteiger partial charge < -0.3 is 19.1 Å². The van der Waals surface area contributed by atoms with Gasteiger partial charge in [0, 0.05) is 20.6 Å². The minimum Gasteiger partial charge on any atom is -0.508 e. The molecule has 5 rings (SSSR count). The fourth-order valence-corrected chi connectivity index (χ4v) is 4.53. The monoisotopic (exact) mass is 433 g/mol. The Balaban J connectivity index is 1.90. The summed E-state index contributed by atoms with van der Waals surface area (Å²) in [5.74, 6) is 0.874. The number of methoxy groups -OCH3 is 1. The van der Waals surface area contributed by atoms with Crippen molar-refractivity contribution in [3.63, 3.8) is 0 Å². The number of hydrogen-bond donors (Lipinski definition) is 1. The minimum absolute atomic E-state index is 0.157. The van der Waals surface area contributed by atoms with Crippen molar-refractivity contribution in [1.29, 1.82) is 0 Å². The number of phenols is 1. The molecule has 8 heteroatoms. The van der Waals surface area contributed by atoms with Crippen LogP contribution in [0.15, 0.2) is 58.1 Å². The fraction of sp³-hybridized carbons (Fsp3) is 0.250. The van der Waals surface area contributed by atoms with Gasteiger partial charge in [0.05, 0.1) is 36.0 Å². The summed E-state index contributed by atoms with van der Waals surface area (Å²) in [7, 11) is 4.77. The molecule has 3 heterocycles. The zero-order chi connectivity index (χ0) is 22.6. The number of fused-ring (bicyclic) bond motifs is 3. The van der Waals surface area contributed by atoms with E-state index in [-0.39, 0.29) is 11.3 Å². The van der Waals surface area contributed by atoms with Gasteiger partial charge in [0.25, 0.3) is 5.56 Å². The van der Waals surface area contributed by atoms with Crippen LogP contribution in [0.2, 0.25) is 0 Å². The second kappa shape index (κ2) is 7.42. The molecule has 2 aromatic carbocycles. The van der Waals surface area contributed by atoms with Crippen LogP contribution in [0.4, 0.5) is 0 Å². The van der Waals surface area contributed by atoms with Gasteiger partial charge in [0.15, 0.2) is 0 Å². The summed E-state index contributed by atoms with van der Waals surface area (Å²) in [6.45, 7) is 0.980. The molecule has 2 aromatic heterocycles. The van der Waals surface area contributed by atoms with Crippen molar-refractivity contribution in [2.75, 3.05) is 13.7 Å². The predicted molar refractivity (Wildman–Crippen MR) is 120 cm³/mol. The molecular formula is C24H23N3O5. The van der Waals surface area contributed by atoms with E-state index in [0.29, 0.717) is 29.8 Å². The van der Waals surface area contributed by atoms with Crippen LogP contribution >= 0.6 is 0 Å². The van der Waals surface area contributed by atoms with Gasteiger partial charge in [0.1, 0.15) is 17.6 Å². The van der Waals surface area contributed by atoms with Crippen LogP contribution in [0.5, 0.6) is 11.5 Å². The predicted octanol–water partition coefficient (Wildman–Crippen LogP) is 2.54. The smallest absolute Gasteiger partial charge is 0.331 e.